The van der Waals surface area contributed by atoms with Crippen LogP contribution in [-0.2, 0) is 0 Å². The van der Waals surface area contributed by atoms with Crippen molar-refractivity contribution < 1.29 is 0 Å². The average molecular weight is 227 g/mol. The fraction of sp³-hybridized carbons (Fsp3) is 1.00. The van der Waals surface area contributed by atoms with Crippen LogP contribution in [0.2, 0.25) is 0 Å². The van der Waals surface area contributed by atoms with Crippen LogP contribution < -0.4 is 5.32 Å². The molecule has 1 fully saturated rings. The van der Waals surface area contributed by atoms with E-state index in [0.717, 1.165) is 5.92 Å². The Kier molecular flexibility index (Phi) is 6.32. The topological polar surface area (TPSA) is 18.5 Å². The Morgan fingerprint density at radius 1 is 1.19 bits per heavy atom. The van der Waals surface area contributed by atoms with Gasteiger partial charge in [0, 0.05) is 25.7 Å². The van der Waals surface area contributed by atoms with Gasteiger partial charge in [0.25, 0.3) is 0 Å². The molecule has 0 bridgehead atoms. The predicted molar refractivity (Wildman–Crippen MR) is 70.9 cm³/mol. The van der Waals surface area contributed by atoms with Crippen molar-refractivity contribution >= 4 is 0 Å². The second kappa shape index (κ2) is 7.25. The molecule has 1 N–H and O–H groups in total. The first-order valence-corrected chi connectivity index (χ1v) is 6.74. The van der Waals surface area contributed by atoms with Crippen molar-refractivity contribution in [1.29, 1.82) is 0 Å². The van der Waals surface area contributed by atoms with Gasteiger partial charge in [0.05, 0.1) is 0 Å². The Hall–Kier alpha value is -0.120. The van der Waals surface area contributed by atoms with E-state index in [1.54, 1.807) is 0 Å². The van der Waals surface area contributed by atoms with E-state index >= 15 is 0 Å². The van der Waals surface area contributed by atoms with Crippen LogP contribution in [0.15, 0.2) is 0 Å². The van der Waals surface area contributed by atoms with Gasteiger partial charge in [0.1, 0.15) is 0 Å². The lowest BCUT2D eigenvalue weighted by atomic mass is 10.0. The van der Waals surface area contributed by atoms with Crippen LogP contribution in [0.3, 0.4) is 0 Å². The molecule has 1 rings (SSSR count). The molecule has 3 nitrogen and oxygen atoms in total. The summed E-state index contributed by atoms with van der Waals surface area (Å²) in [6, 6.07) is 0.707. The summed E-state index contributed by atoms with van der Waals surface area (Å²) in [5.74, 6) is 0.855. The Labute approximate surface area is 101 Å². The molecule has 1 saturated heterocycles. The predicted octanol–water partition coefficient (Wildman–Crippen LogP) is 1.26. The number of hydrogen-bond donors (Lipinski definition) is 1. The van der Waals surface area contributed by atoms with E-state index < -0.39 is 0 Å². The van der Waals surface area contributed by atoms with Crippen molar-refractivity contribution in [3.63, 3.8) is 0 Å². The lowest BCUT2D eigenvalue weighted by molar-refractivity contribution is 0.203. The summed E-state index contributed by atoms with van der Waals surface area (Å²) in [6.45, 7) is 10.7. The minimum atomic E-state index is 0.707. The Balaban J connectivity index is 2.31. The van der Waals surface area contributed by atoms with Gasteiger partial charge in [-0.3, -0.25) is 0 Å². The maximum Gasteiger partial charge on any atom is 0.0109 e. The quantitative estimate of drug-likeness (QED) is 0.706. The molecule has 2 atom stereocenters. The summed E-state index contributed by atoms with van der Waals surface area (Å²) < 4.78 is 0. The summed E-state index contributed by atoms with van der Waals surface area (Å²) in [5.41, 5.74) is 0. The van der Waals surface area contributed by atoms with Gasteiger partial charge in [-0.2, -0.15) is 0 Å². The second-order valence-electron chi connectivity index (χ2n) is 5.40. The van der Waals surface area contributed by atoms with Crippen LogP contribution >= 0.6 is 0 Å². The van der Waals surface area contributed by atoms with Crippen molar-refractivity contribution in [2.24, 2.45) is 5.92 Å². The minimum Gasteiger partial charge on any atom is -0.314 e. The van der Waals surface area contributed by atoms with Crippen LogP contribution in [0, 0.1) is 5.92 Å². The molecule has 1 heterocycles. The zero-order valence-corrected chi connectivity index (χ0v) is 11.5. The normalized spacial score (nSPS) is 25.9. The highest BCUT2D eigenvalue weighted by Crippen LogP contribution is 2.16. The zero-order valence-electron chi connectivity index (χ0n) is 11.5. The molecule has 0 amide bonds. The van der Waals surface area contributed by atoms with Crippen LogP contribution in [0.5, 0.6) is 0 Å². The summed E-state index contributed by atoms with van der Waals surface area (Å²) in [5, 5.41) is 3.54. The van der Waals surface area contributed by atoms with Crippen LogP contribution in [0.25, 0.3) is 0 Å². The summed E-state index contributed by atoms with van der Waals surface area (Å²) in [6.07, 6.45) is 2.62. The molecule has 2 unspecified atom stereocenters. The van der Waals surface area contributed by atoms with Crippen molar-refractivity contribution in [3.8, 4) is 0 Å². The summed E-state index contributed by atoms with van der Waals surface area (Å²) >= 11 is 0. The number of likely N-dealkylation sites (N-methyl/N-ethyl adjacent to an activating group) is 1. The number of rotatable bonds is 7. The summed E-state index contributed by atoms with van der Waals surface area (Å²) in [7, 11) is 4.31. The largest absolute Gasteiger partial charge is 0.314 e. The molecule has 0 aromatic heterocycles. The molecule has 0 aromatic rings. The molecule has 0 aliphatic carbocycles. The van der Waals surface area contributed by atoms with E-state index in [1.165, 1.54) is 45.6 Å². The van der Waals surface area contributed by atoms with E-state index in [0.29, 0.717) is 6.04 Å². The highest BCUT2D eigenvalue weighted by Gasteiger charge is 2.24. The third-order valence-corrected chi connectivity index (χ3v) is 3.58. The summed E-state index contributed by atoms with van der Waals surface area (Å²) in [4.78, 5) is 4.91. The highest BCUT2D eigenvalue weighted by atomic mass is 15.2. The van der Waals surface area contributed by atoms with Crippen molar-refractivity contribution in [1.82, 2.24) is 15.1 Å². The van der Waals surface area contributed by atoms with Crippen molar-refractivity contribution in [2.45, 2.75) is 32.7 Å². The van der Waals surface area contributed by atoms with Gasteiger partial charge in [-0.25, -0.2) is 0 Å². The molecule has 0 saturated carbocycles. The third-order valence-electron chi connectivity index (χ3n) is 3.58. The van der Waals surface area contributed by atoms with Crippen molar-refractivity contribution in [2.75, 3.05) is 46.8 Å². The lowest BCUT2D eigenvalue weighted by Gasteiger charge is -2.28. The average Bonchev–Trinajstić information content (AvgIpc) is 2.61. The fourth-order valence-corrected chi connectivity index (χ4v) is 2.45. The number of hydrogen-bond acceptors (Lipinski definition) is 3. The molecule has 0 spiro atoms. The highest BCUT2D eigenvalue weighted by molar-refractivity contribution is 4.82. The van der Waals surface area contributed by atoms with E-state index in [-0.39, 0.29) is 0 Å². The second-order valence-corrected chi connectivity index (χ2v) is 5.40. The molecule has 16 heavy (non-hydrogen) atoms. The number of nitrogens with zero attached hydrogens (tertiary/aromatic N) is 2. The molecule has 96 valence electrons. The Morgan fingerprint density at radius 2 is 1.94 bits per heavy atom. The fourth-order valence-electron chi connectivity index (χ4n) is 2.45. The number of nitrogens with one attached hydrogen (secondary N) is 1. The smallest absolute Gasteiger partial charge is 0.0109 e. The molecule has 1 aliphatic rings. The van der Waals surface area contributed by atoms with E-state index in [1.807, 2.05) is 0 Å². The van der Waals surface area contributed by atoms with Gasteiger partial charge in [-0.15, -0.1) is 0 Å². The standard InChI is InChI=1S/C13H29N3/c1-5-8-16(10-9-15(3)4)11-13-6-7-14-12(13)2/h12-14H,5-11H2,1-4H3. The van der Waals surface area contributed by atoms with E-state index in [9.17, 15) is 0 Å². The Bertz CT molecular complexity index is 182. The monoisotopic (exact) mass is 227 g/mol. The first-order valence-electron chi connectivity index (χ1n) is 6.74. The maximum absolute atomic E-state index is 3.54. The molecule has 0 aromatic carbocycles. The van der Waals surface area contributed by atoms with Gasteiger partial charge in [0.2, 0.25) is 0 Å². The van der Waals surface area contributed by atoms with Crippen LogP contribution in [-0.4, -0.2) is 62.7 Å². The SMILES string of the molecule is CCCN(CCN(C)C)CC1CCNC1C. The van der Waals surface area contributed by atoms with Crippen molar-refractivity contribution in [3.05, 3.63) is 0 Å². The minimum absolute atomic E-state index is 0.707. The van der Waals surface area contributed by atoms with Gasteiger partial charge in [-0.05, 0) is 52.9 Å². The van der Waals surface area contributed by atoms with Crippen LogP contribution in [0.4, 0.5) is 0 Å². The van der Waals surface area contributed by atoms with Gasteiger partial charge < -0.3 is 15.1 Å². The molecule has 0 radical (unpaired) electrons. The zero-order chi connectivity index (χ0) is 12.0. The molecular formula is C13H29N3. The van der Waals surface area contributed by atoms with Gasteiger partial charge in [-0.1, -0.05) is 6.92 Å². The Morgan fingerprint density at radius 3 is 2.44 bits per heavy atom. The van der Waals surface area contributed by atoms with E-state index in [4.69, 9.17) is 0 Å². The van der Waals surface area contributed by atoms with Gasteiger partial charge >= 0.3 is 0 Å². The molecule has 1 aliphatic heterocycles. The van der Waals surface area contributed by atoms with E-state index in [2.05, 4.69) is 43.1 Å². The maximum atomic E-state index is 3.54. The van der Waals surface area contributed by atoms with Gasteiger partial charge in [0.15, 0.2) is 0 Å². The lowest BCUT2D eigenvalue weighted by Crippen LogP contribution is -2.38. The third kappa shape index (κ3) is 4.81. The first-order chi connectivity index (χ1) is 7.63. The molecule has 3 heteroatoms. The first kappa shape index (κ1) is 13.9. The van der Waals surface area contributed by atoms with Crippen LogP contribution in [0.1, 0.15) is 26.7 Å². The molecular weight excluding hydrogens is 198 g/mol.